The minimum Gasteiger partial charge on any atom is -0.359 e. The predicted octanol–water partition coefficient (Wildman–Crippen LogP) is 0.627. The highest BCUT2D eigenvalue weighted by Gasteiger charge is 2.27. The van der Waals surface area contributed by atoms with Gasteiger partial charge in [0.1, 0.15) is 0 Å². The molecule has 0 aromatic heterocycles. The SMILES string of the molecule is CNC(=O)C1CCN(C(=O)C(C)C)CC1. The van der Waals surface area contributed by atoms with Crippen LogP contribution in [0.3, 0.4) is 0 Å². The molecule has 1 rings (SSSR count). The third-order valence-corrected chi connectivity index (χ3v) is 2.92. The molecular formula is C11H20N2O2. The molecule has 0 atom stereocenters. The lowest BCUT2D eigenvalue weighted by Gasteiger charge is -2.32. The van der Waals surface area contributed by atoms with E-state index in [4.69, 9.17) is 0 Å². The highest BCUT2D eigenvalue weighted by atomic mass is 16.2. The number of piperidine rings is 1. The average molecular weight is 212 g/mol. The van der Waals surface area contributed by atoms with Crippen molar-refractivity contribution < 1.29 is 9.59 Å². The number of hydrogen-bond acceptors (Lipinski definition) is 2. The van der Waals surface area contributed by atoms with Gasteiger partial charge in [0, 0.05) is 32.0 Å². The summed E-state index contributed by atoms with van der Waals surface area (Å²) < 4.78 is 0. The van der Waals surface area contributed by atoms with Gasteiger partial charge in [-0.3, -0.25) is 9.59 Å². The fraction of sp³-hybridized carbons (Fsp3) is 0.818. The number of nitrogens with zero attached hydrogens (tertiary/aromatic N) is 1. The maximum Gasteiger partial charge on any atom is 0.225 e. The van der Waals surface area contributed by atoms with Gasteiger partial charge < -0.3 is 10.2 Å². The summed E-state index contributed by atoms with van der Waals surface area (Å²) in [4.78, 5) is 24.9. The van der Waals surface area contributed by atoms with E-state index in [1.54, 1.807) is 7.05 Å². The summed E-state index contributed by atoms with van der Waals surface area (Å²) in [7, 11) is 1.66. The molecule has 0 radical (unpaired) electrons. The summed E-state index contributed by atoms with van der Waals surface area (Å²) in [6.07, 6.45) is 1.58. The van der Waals surface area contributed by atoms with Crippen LogP contribution < -0.4 is 5.32 Å². The topological polar surface area (TPSA) is 49.4 Å². The van der Waals surface area contributed by atoms with E-state index in [9.17, 15) is 9.59 Å². The monoisotopic (exact) mass is 212 g/mol. The number of carbonyl (C=O) groups excluding carboxylic acids is 2. The van der Waals surface area contributed by atoms with Crippen molar-refractivity contribution in [1.82, 2.24) is 10.2 Å². The minimum atomic E-state index is 0.0570. The first-order chi connectivity index (χ1) is 7.06. The zero-order chi connectivity index (χ0) is 11.4. The molecule has 4 heteroatoms. The van der Waals surface area contributed by atoms with Gasteiger partial charge >= 0.3 is 0 Å². The van der Waals surface area contributed by atoms with Crippen molar-refractivity contribution in [2.45, 2.75) is 26.7 Å². The molecule has 1 aliphatic rings. The molecule has 1 aliphatic heterocycles. The molecule has 2 amide bonds. The largest absolute Gasteiger partial charge is 0.359 e. The van der Waals surface area contributed by atoms with E-state index in [2.05, 4.69) is 5.32 Å². The van der Waals surface area contributed by atoms with Gasteiger partial charge in [0.25, 0.3) is 0 Å². The highest BCUT2D eigenvalue weighted by Crippen LogP contribution is 2.18. The Bertz CT molecular complexity index is 243. The second kappa shape index (κ2) is 5.14. The van der Waals surface area contributed by atoms with Gasteiger partial charge in [0.15, 0.2) is 0 Å². The van der Waals surface area contributed by atoms with E-state index in [0.717, 1.165) is 25.9 Å². The van der Waals surface area contributed by atoms with Crippen molar-refractivity contribution in [1.29, 1.82) is 0 Å². The summed E-state index contributed by atoms with van der Waals surface area (Å²) in [5, 5.41) is 2.66. The third-order valence-electron chi connectivity index (χ3n) is 2.92. The van der Waals surface area contributed by atoms with Crippen molar-refractivity contribution in [3.05, 3.63) is 0 Å². The Balaban J connectivity index is 2.42. The van der Waals surface area contributed by atoms with Crippen LogP contribution in [0.4, 0.5) is 0 Å². The van der Waals surface area contributed by atoms with Gasteiger partial charge in [-0.15, -0.1) is 0 Å². The van der Waals surface area contributed by atoms with Crippen LogP contribution in [0.15, 0.2) is 0 Å². The first kappa shape index (κ1) is 12.0. The van der Waals surface area contributed by atoms with Crippen LogP contribution in [0.5, 0.6) is 0 Å². The van der Waals surface area contributed by atoms with E-state index < -0.39 is 0 Å². The molecular weight excluding hydrogens is 192 g/mol. The molecule has 1 heterocycles. The Morgan fingerprint density at radius 3 is 2.20 bits per heavy atom. The van der Waals surface area contributed by atoms with Gasteiger partial charge in [-0.05, 0) is 12.8 Å². The molecule has 0 spiro atoms. The van der Waals surface area contributed by atoms with E-state index in [-0.39, 0.29) is 23.7 Å². The molecule has 1 N–H and O–H groups in total. The zero-order valence-corrected chi connectivity index (χ0v) is 9.75. The van der Waals surface area contributed by atoms with E-state index >= 15 is 0 Å². The Kier molecular flexibility index (Phi) is 4.12. The summed E-state index contributed by atoms with van der Waals surface area (Å²) in [5.41, 5.74) is 0. The number of rotatable bonds is 2. The van der Waals surface area contributed by atoms with Crippen LogP contribution in [0.25, 0.3) is 0 Å². The second-order valence-electron chi connectivity index (χ2n) is 4.37. The fourth-order valence-corrected chi connectivity index (χ4v) is 1.93. The molecule has 15 heavy (non-hydrogen) atoms. The predicted molar refractivity (Wildman–Crippen MR) is 58.2 cm³/mol. The normalized spacial score (nSPS) is 18.0. The number of amides is 2. The van der Waals surface area contributed by atoms with Crippen LogP contribution >= 0.6 is 0 Å². The average Bonchev–Trinajstić information content (AvgIpc) is 2.27. The van der Waals surface area contributed by atoms with Crippen molar-refractivity contribution in [2.75, 3.05) is 20.1 Å². The summed E-state index contributed by atoms with van der Waals surface area (Å²) >= 11 is 0. The number of nitrogens with one attached hydrogen (secondary N) is 1. The molecule has 0 aromatic rings. The molecule has 86 valence electrons. The molecule has 0 saturated carbocycles. The van der Waals surface area contributed by atoms with Crippen molar-refractivity contribution >= 4 is 11.8 Å². The molecule has 0 aromatic carbocycles. The lowest BCUT2D eigenvalue weighted by molar-refractivity contribution is -0.138. The molecule has 1 fully saturated rings. The van der Waals surface area contributed by atoms with Crippen LogP contribution in [-0.4, -0.2) is 36.9 Å². The number of likely N-dealkylation sites (tertiary alicyclic amines) is 1. The van der Waals surface area contributed by atoms with Crippen LogP contribution in [-0.2, 0) is 9.59 Å². The standard InChI is InChI=1S/C11H20N2O2/c1-8(2)11(15)13-6-4-9(5-7-13)10(14)12-3/h8-9H,4-7H2,1-3H3,(H,12,14). The Hall–Kier alpha value is -1.06. The summed E-state index contributed by atoms with van der Waals surface area (Å²) in [6, 6.07) is 0. The first-order valence-corrected chi connectivity index (χ1v) is 5.56. The maximum absolute atomic E-state index is 11.7. The maximum atomic E-state index is 11.7. The van der Waals surface area contributed by atoms with Gasteiger partial charge in [-0.2, -0.15) is 0 Å². The van der Waals surface area contributed by atoms with E-state index in [1.807, 2.05) is 18.7 Å². The number of carbonyl (C=O) groups is 2. The van der Waals surface area contributed by atoms with Crippen LogP contribution in [0.1, 0.15) is 26.7 Å². The van der Waals surface area contributed by atoms with Crippen molar-refractivity contribution in [3.8, 4) is 0 Å². The summed E-state index contributed by atoms with van der Waals surface area (Å²) in [5.74, 6) is 0.449. The molecule has 0 unspecified atom stereocenters. The van der Waals surface area contributed by atoms with Crippen molar-refractivity contribution in [2.24, 2.45) is 11.8 Å². The van der Waals surface area contributed by atoms with Gasteiger partial charge in [0.05, 0.1) is 0 Å². The Morgan fingerprint density at radius 2 is 1.80 bits per heavy atom. The summed E-state index contributed by atoms with van der Waals surface area (Å²) in [6.45, 7) is 5.25. The van der Waals surface area contributed by atoms with E-state index in [0.29, 0.717) is 0 Å². The van der Waals surface area contributed by atoms with Crippen molar-refractivity contribution in [3.63, 3.8) is 0 Å². The second-order valence-corrected chi connectivity index (χ2v) is 4.37. The quantitative estimate of drug-likeness (QED) is 0.729. The molecule has 4 nitrogen and oxygen atoms in total. The van der Waals surface area contributed by atoms with Gasteiger partial charge in [0.2, 0.25) is 11.8 Å². The lowest BCUT2D eigenvalue weighted by Crippen LogP contribution is -2.43. The zero-order valence-electron chi connectivity index (χ0n) is 9.75. The smallest absolute Gasteiger partial charge is 0.225 e. The molecule has 0 aliphatic carbocycles. The van der Waals surface area contributed by atoms with E-state index in [1.165, 1.54) is 0 Å². The van der Waals surface area contributed by atoms with Crippen LogP contribution in [0, 0.1) is 11.8 Å². The third kappa shape index (κ3) is 2.94. The van der Waals surface area contributed by atoms with Gasteiger partial charge in [-0.25, -0.2) is 0 Å². The number of hydrogen-bond donors (Lipinski definition) is 1. The molecule has 0 bridgehead atoms. The highest BCUT2D eigenvalue weighted by molar-refractivity contribution is 5.80. The Labute approximate surface area is 91.0 Å². The minimum absolute atomic E-state index is 0.0570. The fourth-order valence-electron chi connectivity index (χ4n) is 1.93. The van der Waals surface area contributed by atoms with Crippen LogP contribution in [0.2, 0.25) is 0 Å². The van der Waals surface area contributed by atoms with Gasteiger partial charge in [-0.1, -0.05) is 13.8 Å². The first-order valence-electron chi connectivity index (χ1n) is 5.56. The molecule has 1 saturated heterocycles. The Morgan fingerprint density at radius 1 is 1.27 bits per heavy atom. The lowest BCUT2D eigenvalue weighted by atomic mass is 9.95.